The molecule has 0 heterocycles. The monoisotopic (exact) mass is 386 g/mol. The first-order valence-corrected chi connectivity index (χ1v) is 8.82. The fourth-order valence-electron chi connectivity index (χ4n) is 2.77. The third kappa shape index (κ3) is 6.50. The van der Waals surface area contributed by atoms with Crippen molar-refractivity contribution in [2.45, 2.75) is 31.8 Å². The Labute approximate surface area is 163 Å². The van der Waals surface area contributed by atoms with E-state index in [0.717, 1.165) is 5.56 Å². The van der Waals surface area contributed by atoms with Gasteiger partial charge in [0, 0.05) is 19.8 Å². The van der Waals surface area contributed by atoms with E-state index in [1.165, 1.54) is 26.2 Å². The maximum absolute atomic E-state index is 13.1. The topological polar surface area (TPSA) is 84.5 Å². The van der Waals surface area contributed by atoms with Crippen molar-refractivity contribution in [3.8, 4) is 0 Å². The maximum atomic E-state index is 13.1. The van der Waals surface area contributed by atoms with Crippen molar-refractivity contribution >= 4 is 17.8 Å². The van der Waals surface area contributed by atoms with E-state index in [1.54, 1.807) is 12.1 Å². The van der Waals surface area contributed by atoms with Crippen molar-refractivity contribution in [2.24, 2.45) is 0 Å². The van der Waals surface area contributed by atoms with Crippen LogP contribution in [0, 0.1) is 5.82 Å². The molecule has 0 saturated heterocycles. The third-order valence-corrected chi connectivity index (χ3v) is 4.13. The molecule has 0 fully saturated rings. The summed E-state index contributed by atoms with van der Waals surface area (Å²) in [5, 5.41) is 5.22. The van der Waals surface area contributed by atoms with Gasteiger partial charge in [-0.3, -0.25) is 9.59 Å². The summed E-state index contributed by atoms with van der Waals surface area (Å²) < 4.78 is 17.9. The Hall–Kier alpha value is -3.22. The number of esters is 1. The molecule has 0 aromatic heterocycles. The summed E-state index contributed by atoms with van der Waals surface area (Å²) >= 11 is 0. The summed E-state index contributed by atoms with van der Waals surface area (Å²) in [5.41, 5.74) is 1.53. The number of hydrogen-bond donors (Lipinski definition) is 2. The lowest BCUT2D eigenvalue weighted by Gasteiger charge is -2.22. The van der Waals surface area contributed by atoms with E-state index >= 15 is 0 Å². The number of nitrogens with one attached hydrogen (secondary N) is 2. The van der Waals surface area contributed by atoms with E-state index in [-0.39, 0.29) is 18.7 Å². The van der Waals surface area contributed by atoms with Gasteiger partial charge in [-0.2, -0.15) is 0 Å². The second-order valence-electron chi connectivity index (χ2n) is 6.36. The number of ether oxygens (including phenoxy) is 1. The van der Waals surface area contributed by atoms with Crippen molar-refractivity contribution in [1.82, 2.24) is 10.6 Å². The van der Waals surface area contributed by atoms with Gasteiger partial charge >= 0.3 is 5.97 Å². The van der Waals surface area contributed by atoms with E-state index in [9.17, 15) is 18.8 Å². The molecule has 2 N–H and O–H groups in total. The first kappa shape index (κ1) is 21.1. The van der Waals surface area contributed by atoms with Crippen LogP contribution in [0.15, 0.2) is 54.6 Å². The minimum Gasteiger partial charge on any atom is -0.467 e. The highest BCUT2D eigenvalue weighted by atomic mass is 19.1. The fraction of sp³-hybridized carbons (Fsp3) is 0.286. The van der Waals surface area contributed by atoms with Gasteiger partial charge in [-0.05, 0) is 23.3 Å². The molecule has 2 atom stereocenters. The maximum Gasteiger partial charge on any atom is 0.328 e. The molecule has 0 aliphatic rings. The number of carbonyl (C=O) groups excluding carboxylic acids is 3. The molecule has 6 nitrogen and oxygen atoms in total. The van der Waals surface area contributed by atoms with Crippen molar-refractivity contribution < 1.29 is 23.5 Å². The molecule has 2 aromatic rings. The Morgan fingerprint density at radius 3 is 2.04 bits per heavy atom. The molecule has 2 aromatic carbocycles. The quantitative estimate of drug-likeness (QED) is 0.678. The molecule has 0 spiro atoms. The van der Waals surface area contributed by atoms with Gasteiger partial charge in [-0.15, -0.1) is 0 Å². The normalized spacial score (nSPS) is 12.5. The van der Waals surface area contributed by atoms with Crippen LogP contribution in [0.25, 0.3) is 0 Å². The van der Waals surface area contributed by atoms with Gasteiger partial charge in [0.15, 0.2) is 0 Å². The number of methoxy groups -OCH3 is 1. The third-order valence-electron chi connectivity index (χ3n) is 4.13. The van der Waals surface area contributed by atoms with Crippen molar-refractivity contribution in [1.29, 1.82) is 0 Å². The predicted molar refractivity (Wildman–Crippen MR) is 102 cm³/mol. The molecule has 0 unspecified atom stereocenters. The van der Waals surface area contributed by atoms with Gasteiger partial charge in [-0.25, -0.2) is 9.18 Å². The van der Waals surface area contributed by atoms with E-state index in [0.29, 0.717) is 5.56 Å². The van der Waals surface area contributed by atoms with E-state index in [4.69, 9.17) is 4.74 Å². The van der Waals surface area contributed by atoms with Crippen LogP contribution in [0.2, 0.25) is 0 Å². The first-order chi connectivity index (χ1) is 13.4. The highest BCUT2D eigenvalue weighted by Gasteiger charge is 2.27. The Morgan fingerprint density at radius 1 is 0.893 bits per heavy atom. The van der Waals surface area contributed by atoms with Crippen LogP contribution in [-0.4, -0.2) is 37.0 Å². The Bertz CT molecular complexity index is 809. The summed E-state index contributed by atoms with van der Waals surface area (Å²) in [6.07, 6.45) is 0.410. The van der Waals surface area contributed by atoms with Crippen LogP contribution in [0.4, 0.5) is 4.39 Å². The lowest BCUT2D eigenvalue weighted by molar-refractivity contribution is -0.145. The Balaban J connectivity index is 2.14. The van der Waals surface area contributed by atoms with E-state index < -0.39 is 29.8 Å². The zero-order chi connectivity index (χ0) is 20.5. The molecule has 28 heavy (non-hydrogen) atoms. The molecule has 2 rings (SSSR count). The SMILES string of the molecule is COC(=O)[C@@H](Cc1ccccc1)NC(=O)[C@H](Cc1ccc(F)cc1)NC(C)=O. The van der Waals surface area contributed by atoms with Gasteiger partial charge < -0.3 is 15.4 Å². The van der Waals surface area contributed by atoms with Gasteiger partial charge in [0.25, 0.3) is 0 Å². The minimum absolute atomic E-state index is 0.158. The summed E-state index contributed by atoms with van der Waals surface area (Å²) in [5.74, 6) is -1.88. The van der Waals surface area contributed by atoms with Gasteiger partial charge in [0.05, 0.1) is 7.11 Å². The summed E-state index contributed by atoms with van der Waals surface area (Å²) in [4.78, 5) is 36.4. The minimum atomic E-state index is -0.911. The largest absolute Gasteiger partial charge is 0.467 e. The molecular weight excluding hydrogens is 363 g/mol. The van der Waals surface area contributed by atoms with Crippen LogP contribution in [0.5, 0.6) is 0 Å². The second-order valence-corrected chi connectivity index (χ2v) is 6.36. The number of amides is 2. The van der Waals surface area contributed by atoms with E-state index in [1.807, 2.05) is 30.3 Å². The molecule has 0 aliphatic carbocycles. The standard InChI is InChI=1S/C21H23FN2O4/c1-14(25)23-18(12-16-8-10-17(22)11-9-16)20(26)24-19(21(27)28-2)13-15-6-4-3-5-7-15/h3-11,18-19H,12-13H2,1-2H3,(H,23,25)(H,24,26)/t18-,19+/m0/s1. The zero-order valence-electron chi connectivity index (χ0n) is 15.8. The number of hydrogen-bond acceptors (Lipinski definition) is 4. The highest BCUT2D eigenvalue weighted by Crippen LogP contribution is 2.08. The summed E-state index contributed by atoms with van der Waals surface area (Å²) in [6.45, 7) is 1.30. The van der Waals surface area contributed by atoms with E-state index in [2.05, 4.69) is 10.6 Å². The summed E-state index contributed by atoms with van der Waals surface area (Å²) in [7, 11) is 1.25. The molecule has 0 aliphatic heterocycles. The average Bonchev–Trinajstić information content (AvgIpc) is 2.68. The first-order valence-electron chi connectivity index (χ1n) is 8.82. The lowest BCUT2D eigenvalue weighted by atomic mass is 10.0. The molecular formula is C21H23FN2O4. The smallest absolute Gasteiger partial charge is 0.328 e. The van der Waals surface area contributed by atoms with Crippen molar-refractivity contribution in [3.63, 3.8) is 0 Å². The zero-order valence-corrected chi connectivity index (χ0v) is 15.8. The number of carbonyl (C=O) groups is 3. The molecule has 148 valence electrons. The summed E-state index contributed by atoms with van der Waals surface area (Å²) in [6, 6.07) is 13.0. The van der Waals surface area contributed by atoms with Gasteiger partial charge in [-0.1, -0.05) is 42.5 Å². The van der Waals surface area contributed by atoms with Crippen LogP contribution in [0.3, 0.4) is 0 Å². The molecule has 2 amide bonds. The second kappa shape index (κ2) is 10.2. The average molecular weight is 386 g/mol. The predicted octanol–water partition coefficient (Wildman–Crippen LogP) is 1.77. The molecule has 7 heteroatoms. The highest BCUT2D eigenvalue weighted by molar-refractivity contribution is 5.90. The molecule has 0 bridgehead atoms. The van der Waals surface area contributed by atoms with Gasteiger partial charge in [0.1, 0.15) is 17.9 Å². The number of rotatable bonds is 8. The lowest BCUT2D eigenvalue weighted by Crippen LogP contribution is -2.53. The molecule has 0 radical (unpaired) electrons. The van der Waals surface area contributed by atoms with Crippen LogP contribution >= 0.6 is 0 Å². The van der Waals surface area contributed by atoms with Crippen LogP contribution in [-0.2, 0) is 32.0 Å². The number of halogens is 1. The van der Waals surface area contributed by atoms with Crippen LogP contribution < -0.4 is 10.6 Å². The van der Waals surface area contributed by atoms with Crippen LogP contribution in [0.1, 0.15) is 18.1 Å². The fourth-order valence-corrected chi connectivity index (χ4v) is 2.77. The van der Waals surface area contributed by atoms with Gasteiger partial charge in [0.2, 0.25) is 11.8 Å². The Kier molecular flexibility index (Phi) is 7.68. The Morgan fingerprint density at radius 2 is 1.46 bits per heavy atom. The van der Waals surface area contributed by atoms with Crippen molar-refractivity contribution in [2.75, 3.05) is 7.11 Å². The number of benzene rings is 2. The molecule has 0 saturated carbocycles. The van der Waals surface area contributed by atoms with Crippen molar-refractivity contribution in [3.05, 3.63) is 71.5 Å².